The summed E-state index contributed by atoms with van der Waals surface area (Å²) in [6, 6.07) is 10.9. The lowest BCUT2D eigenvalue weighted by Crippen LogP contribution is -2.41. The molecule has 0 atom stereocenters. The average molecular weight is 662 g/mol. The first kappa shape index (κ1) is 31.5. The van der Waals surface area contributed by atoms with Gasteiger partial charge in [0, 0.05) is 40.9 Å². The van der Waals surface area contributed by atoms with E-state index in [0.29, 0.717) is 29.2 Å². The summed E-state index contributed by atoms with van der Waals surface area (Å²) in [4.78, 5) is 18.0. The standard InChI is InChI=1S/C30H41BrN4O4SSi/c1-29(2,3)33-27-28(36)34(7)18-24(32-27)22-11-10-12-25(23(22)19-39-41(8,9)30(4,5)6)35-16-15-20-17-21(31)13-14-26(20)40(35,37)38/h10-14,17-18H,15-16,19H2,1-9H3,(H,32,33). The fraction of sp³-hybridized carbons (Fsp3) is 0.467. The Morgan fingerprint density at radius 3 is 2.41 bits per heavy atom. The molecule has 41 heavy (non-hydrogen) atoms. The minimum atomic E-state index is -3.82. The molecular weight excluding hydrogens is 620 g/mol. The summed E-state index contributed by atoms with van der Waals surface area (Å²) in [6.45, 7) is 17.3. The molecule has 0 bridgehead atoms. The van der Waals surface area contributed by atoms with E-state index in [2.05, 4.69) is 55.1 Å². The zero-order chi connectivity index (χ0) is 30.5. The SMILES string of the molecule is Cn1cc(-c2cccc(N3CCc4cc(Br)ccc4S3(=O)=O)c2CO[Si](C)(C)C(C)(C)C)nc(NC(C)(C)C)c1=O. The number of halogens is 1. The quantitative estimate of drug-likeness (QED) is 0.296. The molecule has 0 aliphatic carbocycles. The Kier molecular flexibility index (Phi) is 8.43. The maximum Gasteiger partial charge on any atom is 0.293 e. The van der Waals surface area contributed by atoms with Crippen molar-refractivity contribution >= 4 is 45.8 Å². The van der Waals surface area contributed by atoms with Crippen LogP contribution in [0.3, 0.4) is 0 Å². The van der Waals surface area contributed by atoms with Crippen LogP contribution in [0, 0.1) is 0 Å². The van der Waals surface area contributed by atoms with Gasteiger partial charge in [-0.15, -0.1) is 0 Å². The van der Waals surface area contributed by atoms with Crippen LogP contribution in [0.25, 0.3) is 11.3 Å². The first-order valence-corrected chi connectivity index (χ1v) is 18.9. The summed E-state index contributed by atoms with van der Waals surface area (Å²) in [6.07, 6.45) is 2.28. The highest BCUT2D eigenvalue weighted by Crippen LogP contribution is 2.41. The van der Waals surface area contributed by atoms with Gasteiger partial charge >= 0.3 is 0 Å². The van der Waals surface area contributed by atoms with Gasteiger partial charge in [-0.05, 0) is 75.2 Å². The van der Waals surface area contributed by atoms with E-state index in [0.717, 1.165) is 21.2 Å². The molecule has 1 aliphatic rings. The topological polar surface area (TPSA) is 93.5 Å². The third-order valence-electron chi connectivity index (χ3n) is 7.82. The van der Waals surface area contributed by atoms with Gasteiger partial charge in [0.2, 0.25) is 0 Å². The Balaban J connectivity index is 1.92. The number of anilines is 2. The Hall–Kier alpha value is -2.47. The molecule has 0 fully saturated rings. The Morgan fingerprint density at radius 1 is 1.10 bits per heavy atom. The molecule has 2 aromatic carbocycles. The molecule has 1 N–H and O–H groups in total. The normalized spacial score (nSPS) is 15.5. The first-order valence-electron chi connectivity index (χ1n) is 13.7. The molecular formula is C30H41BrN4O4SSi. The van der Waals surface area contributed by atoms with Crippen LogP contribution in [0.2, 0.25) is 18.1 Å². The molecule has 0 unspecified atom stereocenters. The third kappa shape index (κ3) is 6.48. The van der Waals surface area contributed by atoms with E-state index in [4.69, 9.17) is 9.41 Å². The third-order valence-corrected chi connectivity index (χ3v) is 14.7. The number of aryl methyl sites for hydroxylation is 1. The van der Waals surface area contributed by atoms with Crippen molar-refractivity contribution in [2.24, 2.45) is 7.05 Å². The van der Waals surface area contributed by atoms with Crippen LogP contribution in [-0.2, 0) is 34.5 Å². The Morgan fingerprint density at radius 2 is 1.78 bits per heavy atom. The van der Waals surface area contributed by atoms with Gasteiger partial charge in [0.15, 0.2) is 14.1 Å². The summed E-state index contributed by atoms with van der Waals surface area (Å²) in [5.74, 6) is 0.240. The van der Waals surface area contributed by atoms with Crippen molar-refractivity contribution in [3.63, 3.8) is 0 Å². The molecule has 1 aromatic heterocycles. The van der Waals surface area contributed by atoms with Crippen LogP contribution in [0.15, 0.2) is 56.8 Å². The van der Waals surface area contributed by atoms with Crippen LogP contribution >= 0.6 is 15.9 Å². The lowest BCUT2D eigenvalue weighted by molar-refractivity contribution is 0.277. The molecule has 0 saturated heterocycles. The van der Waals surface area contributed by atoms with Gasteiger partial charge in [-0.3, -0.25) is 9.10 Å². The second kappa shape index (κ2) is 11.0. The van der Waals surface area contributed by atoms with E-state index in [1.165, 1.54) is 8.87 Å². The lowest BCUT2D eigenvalue weighted by atomic mass is 10.0. The summed E-state index contributed by atoms with van der Waals surface area (Å²) < 4.78 is 38.5. The highest BCUT2D eigenvalue weighted by molar-refractivity contribution is 9.10. The number of fused-ring (bicyclic) bond motifs is 1. The molecule has 11 heteroatoms. The van der Waals surface area contributed by atoms with E-state index in [1.54, 1.807) is 25.4 Å². The summed E-state index contributed by atoms with van der Waals surface area (Å²) >= 11 is 3.47. The lowest BCUT2D eigenvalue weighted by Gasteiger charge is -2.37. The molecule has 4 rings (SSSR count). The number of rotatable bonds is 6. The molecule has 3 aromatic rings. The molecule has 0 radical (unpaired) electrons. The molecule has 0 spiro atoms. The van der Waals surface area contributed by atoms with Gasteiger partial charge < -0.3 is 14.3 Å². The number of hydrogen-bond acceptors (Lipinski definition) is 6. The second-order valence-corrected chi connectivity index (χ2v) is 20.8. The smallest absolute Gasteiger partial charge is 0.293 e. The van der Waals surface area contributed by atoms with Crippen molar-refractivity contribution in [1.82, 2.24) is 9.55 Å². The number of benzene rings is 2. The van der Waals surface area contributed by atoms with Crippen LogP contribution in [0.1, 0.15) is 52.7 Å². The fourth-order valence-corrected chi connectivity index (χ4v) is 7.63. The van der Waals surface area contributed by atoms with Crippen LogP contribution in [-0.4, -0.2) is 38.4 Å². The van der Waals surface area contributed by atoms with Gasteiger partial charge in [0.25, 0.3) is 15.6 Å². The number of nitrogens with one attached hydrogen (secondary N) is 1. The molecule has 2 heterocycles. The first-order chi connectivity index (χ1) is 18.8. The van der Waals surface area contributed by atoms with Crippen molar-refractivity contribution in [1.29, 1.82) is 0 Å². The Labute approximate surface area is 253 Å². The van der Waals surface area contributed by atoms with Crippen molar-refractivity contribution < 1.29 is 12.8 Å². The van der Waals surface area contributed by atoms with Gasteiger partial charge in [-0.2, -0.15) is 0 Å². The number of hydrogen-bond donors (Lipinski definition) is 1. The zero-order valence-corrected chi connectivity index (χ0v) is 28.8. The average Bonchev–Trinajstić information content (AvgIpc) is 2.83. The van der Waals surface area contributed by atoms with E-state index in [1.807, 2.05) is 45.0 Å². The van der Waals surface area contributed by atoms with Crippen molar-refractivity contribution in [2.45, 2.75) is 83.1 Å². The second-order valence-electron chi connectivity index (χ2n) is 13.2. The van der Waals surface area contributed by atoms with Crippen molar-refractivity contribution in [3.8, 4) is 11.3 Å². The van der Waals surface area contributed by atoms with Crippen molar-refractivity contribution in [2.75, 3.05) is 16.2 Å². The minimum absolute atomic E-state index is 0.0374. The van der Waals surface area contributed by atoms with E-state index in [-0.39, 0.29) is 28.6 Å². The molecule has 8 nitrogen and oxygen atoms in total. The maximum absolute atomic E-state index is 14.0. The molecule has 0 amide bonds. The summed E-state index contributed by atoms with van der Waals surface area (Å²) in [7, 11) is -4.33. The van der Waals surface area contributed by atoms with E-state index in [9.17, 15) is 13.2 Å². The predicted octanol–water partition coefficient (Wildman–Crippen LogP) is 6.69. The molecule has 0 saturated carbocycles. The largest absolute Gasteiger partial charge is 0.412 e. The van der Waals surface area contributed by atoms with E-state index < -0.39 is 18.3 Å². The maximum atomic E-state index is 14.0. The van der Waals surface area contributed by atoms with Gasteiger partial charge in [-0.1, -0.05) is 48.8 Å². The van der Waals surface area contributed by atoms with Gasteiger partial charge in [0.1, 0.15) is 0 Å². The summed E-state index contributed by atoms with van der Waals surface area (Å²) in [5.41, 5.74) is 2.77. The highest BCUT2D eigenvalue weighted by Gasteiger charge is 2.38. The number of sulfonamides is 1. The summed E-state index contributed by atoms with van der Waals surface area (Å²) in [5, 5.41) is 3.19. The van der Waals surface area contributed by atoms with Gasteiger partial charge in [0.05, 0.1) is 22.9 Å². The van der Waals surface area contributed by atoms with Crippen LogP contribution in [0.5, 0.6) is 0 Å². The highest BCUT2D eigenvalue weighted by atomic mass is 79.9. The van der Waals surface area contributed by atoms with Crippen LogP contribution in [0.4, 0.5) is 11.5 Å². The zero-order valence-electron chi connectivity index (χ0n) is 25.4. The van der Waals surface area contributed by atoms with Gasteiger partial charge in [-0.25, -0.2) is 13.4 Å². The Bertz CT molecular complexity index is 1640. The predicted molar refractivity (Wildman–Crippen MR) is 173 cm³/mol. The minimum Gasteiger partial charge on any atom is -0.412 e. The molecule has 222 valence electrons. The van der Waals surface area contributed by atoms with E-state index >= 15 is 0 Å². The van der Waals surface area contributed by atoms with Crippen LogP contribution < -0.4 is 15.2 Å². The number of aromatic nitrogens is 2. The molecule has 1 aliphatic heterocycles. The number of nitrogens with zero attached hydrogens (tertiary/aromatic N) is 3. The van der Waals surface area contributed by atoms with Crippen molar-refractivity contribution in [3.05, 3.63) is 68.5 Å². The monoisotopic (exact) mass is 660 g/mol. The fourth-order valence-electron chi connectivity index (χ4n) is 4.55.